The van der Waals surface area contributed by atoms with Crippen molar-refractivity contribution in [1.82, 2.24) is 10.6 Å². The van der Waals surface area contributed by atoms with Gasteiger partial charge in [0, 0.05) is 13.7 Å². The third-order valence-corrected chi connectivity index (χ3v) is 2.91. The fourth-order valence-electron chi connectivity index (χ4n) is 1.86. The summed E-state index contributed by atoms with van der Waals surface area (Å²) in [5, 5.41) is 5.95. The minimum Gasteiger partial charge on any atom is -0.369 e. The fourth-order valence-corrected chi connectivity index (χ4v) is 1.86. The van der Waals surface area contributed by atoms with E-state index in [9.17, 15) is 4.79 Å². The van der Waals surface area contributed by atoms with Gasteiger partial charge in [-0.3, -0.25) is 4.79 Å². The molecule has 88 valence electrons. The molecule has 0 aromatic carbocycles. The van der Waals surface area contributed by atoms with Crippen molar-refractivity contribution in [3.8, 4) is 0 Å². The van der Waals surface area contributed by atoms with E-state index in [4.69, 9.17) is 4.74 Å². The zero-order valence-electron chi connectivity index (χ0n) is 9.71. The molecule has 2 unspecified atom stereocenters. The van der Waals surface area contributed by atoms with Crippen LogP contribution in [0.2, 0.25) is 0 Å². The topological polar surface area (TPSA) is 50.4 Å². The van der Waals surface area contributed by atoms with Crippen LogP contribution in [0.3, 0.4) is 0 Å². The van der Waals surface area contributed by atoms with Crippen molar-refractivity contribution in [2.75, 3.05) is 26.7 Å². The third-order valence-electron chi connectivity index (χ3n) is 2.91. The van der Waals surface area contributed by atoms with Crippen molar-refractivity contribution < 1.29 is 9.53 Å². The van der Waals surface area contributed by atoms with Gasteiger partial charge in [0.05, 0.1) is 0 Å². The first-order valence-electron chi connectivity index (χ1n) is 5.78. The molecule has 2 atom stereocenters. The molecule has 1 amide bonds. The lowest BCUT2D eigenvalue weighted by atomic mass is 9.97. The standard InChI is InChI=1S/C11H22N2O2/c1-9(11(14)12-2)15-7-5-10-4-3-6-13-8-10/h9-10,13H,3-8H2,1-2H3,(H,12,14). The van der Waals surface area contributed by atoms with Gasteiger partial charge in [0.1, 0.15) is 6.10 Å². The summed E-state index contributed by atoms with van der Waals surface area (Å²) in [5.41, 5.74) is 0. The maximum atomic E-state index is 11.1. The highest BCUT2D eigenvalue weighted by molar-refractivity contribution is 5.79. The van der Waals surface area contributed by atoms with Crippen LogP contribution in [0.4, 0.5) is 0 Å². The Morgan fingerprint density at radius 1 is 1.67 bits per heavy atom. The number of amides is 1. The average Bonchev–Trinajstić information content (AvgIpc) is 2.29. The van der Waals surface area contributed by atoms with Gasteiger partial charge in [-0.15, -0.1) is 0 Å². The van der Waals surface area contributed by atoms with E-state index in [1.165, 1.54) is 12.8 Å². The van der Waals surface area contributed by atoms with Gasteiger partial charge in [0.15, 0.2) is 0 Å². The second-order valence-electron chi connectivity index (χ2n) is 4.13. The molecule has 0 aromatic heterocycles. The quantitative estimate of drug-likeness (QED) is 0.702. The Balaban J connectivity index is 2.07. The summed E-state index contributed by atoms with van der Waals surface area (Å²) in [6, 6.07) is 0. The monoisotopic (exact) mass is 214 g/mol. The Labute approximate surface area is 91.8 Å². The van der Waals surface area contributed by atoms with Gasteiger partial charge in [-0.1, -0.05) is 0 Å². The summed E-state index contributed by atoms with van der Waals surface area (Å²) in [5.74, 6) is 0.674. The molecule has 0 aromatic rings. The number of hydrogen-bond donors (Lipinski definition) is 2. The third kappa shape index (κ3) is 4.62. The highest BCUT2D eigenvalue weighted by Gasteiger charge is 2.15. The Morgan fingerprint density at radius 2 is 2.47 bits per heavy atom. The van der Waals surface area contributed by atoms with Crippen molar-refractivity contribution in [1.29, 1.82) is 0 Å². The summed E-state index contributed by atoms with van der Waals surface area (Å²) in [7, 11) is 1.63. The first-order chi connectivity index (χ1) is 7.24. The van der Waals surface area contributed by atoms with E-state index in [-0.39, 0.29) is 12.0 Å². The Bertz CT molecular complexity index is 191. The molecule has 1 heterocycles. The van der Waals surface area contributed by atoms with Crippen molar-refractivity contribution in [3.05, 3.63) is 0 Å². The summed E-state index contributed by atoms with van der Waals surface area (Å²) in [6.07, 6.45) is 3.26. The van der Waals surface area contributed by atoms with Gasteiger partial charge in [0.25, 0.3) is 0 Å². The first kappa shape index (κ1) is 12.5. The van der Waals surface area contributed by atoms with Crippen molar-refractivity contribution in [2.24, 2.45) is 5.92 Å². The molecule has 0 bridgehead atoms. The molecule has 0 saturated carbocycles. The molecule has 15 heavy (non-hydrogen) atoms. The highest BCUT2D eigenvalue weighted by Crippen LogP contribution is 2.14. The lowest BCUT2D eigenvalue weighted by Gasteiger charge is -2.23. The van der Waals surface area contributed by atoms with E-state index in [0.29, 0.717) is 6.61 Å². The normalized spacial score (nSPS) is 23.5. The molecule has 1 aliphatic heterocycles. The molecule has 0 radical (unpaired) electrons. The second kappa shape index (κ2) is 6.80. The summed E-state index contributed by atoms with van der Waals surface area (Å²) >= 11 is 0. The zero-order chi connectivity index (χ0) is 11.1. The fraction of sp³-hybridized carbons (Fsp3) is 0.909. The molecule has 2 N–H and O–H groups in total. The number of likely N-dealkylation sites (N-methyl/N-ethyl adjacent to an activating group) is 1. The lowest BCUT2D eigenvalue weighted by Crippen LogP contribution is -2.33. The number of carbonyl (C=O) groups excluding carboxylic acids is 1. The van der Waals surface area contributed by atoms with Crippen molar-refractivity contribution in [2.45, 2.75) is 32.3 Å². The summed E-state index contributed by atoms with van der Waals surface area (Å²) < 4.78 is 5.46. The van der Waals surface area contributed by atoms with Crippen LogP contribution in [0.25, 0.3) is 0 Å². The van der Waals surface area contributed by atoms with E-state index in [2.05, 4.69) is 10.6 Å². The number of hydrogen-bond acceptors (Lipinski definition) is 3. The van der Waals surface area contributed by atoms with Crippen LogP contribution in [0.5, 0.6) is 0 Å². The molecule has 0 aliphatic carbocycles. The SMILES string of the molecule is CNC(=O)C(C)OCCC1CCCNC1. The zero-order valence-corrected chi connectivity index (χ0v) is 9.71. The van der Waals surface area contributed by atoms with E-state index in [1.54, 1.807) is 14.0 Å². The predicted molar refractivity (Wildman–Crippen MR) is 59.7 cm³/mol. The highest BCUT2D eigenvalue weighted by atomic mass is 16.5. The maximum Gasteiger partial charge on any atom is 0.248 e. The van der Waals surface area contributed by atoms with Gasteiger partial charge in [-0.2, -0.15) is 0 Å². The van der Waals surface area contributed by atoms with Gasteiger partial charge < -0.3 is 15.4 Å². The lowest BCUT2D eigenvalue weighted by molar-refractivity contribution is -0.131. The summed E-state index contributed by atoms with van der Waals surface area (Å²) in [6.45, 7) is 4.71. The Hall–Kier alpha value is -0.610. The van der Waals surface area contributed by atoms with Crippen LogP contribution >= 0.6 is 0 Å². The van der Waals surface area contributed by atoms with Gasteiger partial charge in [-0.25, -0.2) is 0 Å². The van der Waals surface area contributed by atoms with Crippen molar-refractivity contribution in [3.63, 3.8) is 0 Å². The number of nitrogens with one attached hydrogen (secondary N) is 2. The van der Waals surface area contributed by atoms with Gasteiger partial charge in [-0.05, 0) is 45.2 Å². The molecule has 4 heteroatoms. The van der Waals surface area contributed by atoms with E-state index < -0.39 is 0 Å². The van der Waals surface area contributed by atoms with Crippen LogP contribution < -0.4 is 10.6 Å². The molecule has 1 aliphatic rings. The molecule has 1 saturated heterocycles. The van der Waals surface area contributed by atoms with Crippen LogP contribution in [-0.2, 0) is 9.53 Å². The molecular formula is C11H22N2O2. The van der Waals surface area contributed by atoms with E-state index in [0.717, 1.165) is 25.4 Å². The molecule has 4 nitrogen and oxygen atoms in total. The largest absolute Gasteiger partial charge is 0.369 e. The second-order valence-corrected chi connectivity index (χ2v) is 4.13. The van der Waals surface area contributed by atoms with Crippen LogP contribution in [0.1, 0.15) is 26.2 Å². The van der Waals surface area contributed by atoms with E-state index in [1.807, 2.05) is 0 Å². The first-order valence-corrected chi connectivity index (χ1v) is 5.78. The van der Waals surface area contributed by atoms with E-state index >= 15 is 0 Å². The number of piperidine rings is 1. The smallest absolute Gasteiger partial charge is 0.248 e. The number of carbonyl (C=O) groups is 1. The van der Waals surface area contributed by atoms with Crippen LogP contribution in [0.15, 0.2) is 0 Å². The average molecular weight is 214 g/mol. The Morgan fingerprint density at radius 3 is 3.07 bits per heavy atom. The molecule has 0 spiro atoms. The minimum absolute atomic E-state index is 0.0447. The number of rotatable bonds is 5. The van der Waals surface area contributed by atoms with Crippen LogP contribution in [-0.4, -0.2) is 38.8 Å². The molecular weight excluding hydrogens is 192 g/mol. The van der Waals surface area contributed by atoms with Gasteiger partial charge in [0.2, 0.25) is 5.91 Å². The van der Waals surface area contributed by atoms with Gasteiger partial charge >= 0.3 is 0 Å². The summed E-state index contributed by atoms with van der Waals surface area (Å²) in [4.78, 5) is 11.1. The predicted octanol–water partition coefficient (Wildman–Crippen LogP) is 0.527. The minimum atomic E-state index is -0.327. The number of ether oxygens (including phenoxy) is 1. The van der Waals surface area contributed by atoms with Crippen LogP contribution in [0, 0.1) is 5.92 Å². The molecule has 1 rings (SSSR count). The molecule has 1 fully saturated rings. The maximum absolute atomic E-state index is 11.1. The van der Waals surface area contributed by atoms with Crippen molar-refractivity contribution >= 4 is 5.91 Å². The Kier molecular flexibility index (Phi) is 5.65.